The van der Waals surface area contributed by atoms with Gasteiger partial charge < -0.3 is 9.47 Å². The Morgan fingerprint density at radius 3 is 2.28 bits per heavy atom. The van der Waals surface area contributed by atoms with Crippen LogP contribution in [0.2, 0.25) is 0 Å². The zero-order valence-corrected chi connectivity index (χ0v) is 11.4. The van der Waals surface area contributed by atoms with E-state index in [-0.39, 0.29) is 23.4 Å². The van der Waals surface area contributed by atoms with Gasteiger partial charge in [0, 0.05) is 6.26 Å². The second-order valence-electron chi connectivity index (χ2n) is 3.98. The maximum absolute atomic E-state index is 11.2. The van der Waals surface area contributed by atoms with E-state index in [9.17, 15) is 13.2 Å². The van der Waals surface area contributed by atoms with Crippen molar-refractivity contribution in [3.63, 3.8) is 0 Å². The van der Waals surface area contributed by atoms with Gasteiger partial charge in [-0.15, -0.1) is 0 Å². The Morgan fingerprint density at radius 1 is 1.28 bits per heavy atom. The molecule has 0 radical (unpaired) electrons. The molecule has 100 valence electrons. The predicted octanol–water partition coefficient (Wildman–Crippen LogP) is 1.28. The normalized spacial score (nSPS) is 12.8. The highest BCUT2D eigenvalue weighted by molar-refractivity contribution is 7.90. The van der Waals surface area contributed by atoms with Crippen LogP contribution in [0.4, 0.5) is 0 Å². The Bertz CT molecular complexity index is 504. The van der Waals surface area contributed by atoms with Crippen LogP contribution in [0.25, 0.3) is 0 Å². The van der Waals surface area contributed by atoms with Crippen molar-refractivity contribution < 1.29 is 22.7 Å². The number of sulfone groups is 1. The monoisotopic (exact) mass is 272 g/mol. The van der Waals surface area contributed by atoms with Gasteiger partial charge in [0.15, 0.2) is 9.84 Å². The summed E-state index contributed by atoms with van der Waals surface area (Å²) in [4.78, 5) is 11.4. The van der Waals surface area contributed by atoms with E-state index in [2.05, 4.69) is 4.74 Å². The second kappa shape index (κ2) is 5.86. The molecule has 0 saturated heterocycles. The number of methoxy groups -OCH3 is 1. The van der Waals surface area contributed by atoms with Gasteiger partial charge in [-0.1, -0.05) is 0 Å². The summed E-state index contributed by atoms with van der Waals surface area (Å²) in [6.07, 6.45) is 1.14. The van der Waals surface area contributed by atoms with E-state index >= 15 is 0 Å². The van der Waals surface area contributed by atoms with Crippen molar-refractivity contribution in [2.75, 3.05) is 20.0 Å². The summed E-state index contributed by atoms with van der Waals surface area (Å²) >= 11 is 0. The third kappa shape index (κ3) is 4.03. The molecule has 0 aromatic heterocycles. The van der Waals surface area contributed by atoms with Gasteiger partial charge in [-0.25, -0.2) is 8.42 Å². The number of rotatable bonds is 5. The summed E-state index contributed by atoms with van der Waals surface area (Å²) in [6.45, 7) is 1.88. The molecule has 0 saturated carbocycles. The maximum atomic E-state index is 11.2. The first-order valence-corrected chi connectivity index (χ1v) is 7.24. The van der Waals surface area contributed by atoms with Crippen LogP contribution in [-0.2, 0) is 19.4 Å². The van der Waals surface area contributed by atoms with Gasteiger partial charge in [-0.2, -0.15) is 0 Å². The second-order valence-corrected chi connectivity index (χ2v) is 5.99. The number of benzene rings is 1. The molecule has 1 atom stereocenters. The van der Waals surface area contributed by atoms with Gasteiger partial charge in [0.25, 0.3) is 0 Å². The summed E-state index contributed by atoms with van der Waals surface area (Å²) < 4.78 is 32.4. The van der Waals surface area contributed by atoms with Crippen molar-refractivity contribution >= 4 is 15.8 Å². The summed E-state index contributed by atoms with van der Waals surface area (Å²) in [7, 11) is -1.88. The quantitative estimate of drug-likeness (QED) is 0.755. The molecule has 1 rings (SSSR count). The van der Waals surface area contributed by atoms with Crippen molar-refractivity contribution in [2.45, 2.75) is 11.8 Å². The average Bonchev–Trinajstić information content (AvgIpc) is 2.34. The van der Waals surface area contributed by atoms with E-state index in [0.717, 1.165) is 6.26 Å². The Hall–Kier alpha value is -1.56. The topological polar surface area (TPSA) is 69.7 Å². The lowest BCUT2D eigenvalue weighted by molar-refractivity contribution is -0.145. The standard InChI is InChI=1S/C12H16O5S/c1-9(12(13)16-2)8-17-10-4-6-11(7-5-10)18(3,14)15/h4-7,9H,8H2,1-3H3. The van der Waals surface area contributed by atoms with Crippen molar-refractivity contribution in [2.24, 2.45) is 5.92 Å². The number of hydrogen-bond donors (Lipinski definition) is 0. The van der Waals surface area contributed by atoms with E-state index in [1.807, 2.05) is 0 Å². The molecular formula is C12H16O5S. The number of ether oxygens (including phenoxy) is 2. The van der Waals surface area contributed by atoms with Gasteiger partial charge in [0.1, 0.15) is 12.4 Å². The molecule has 6 heteroatoms. The highest BCUT2D eigenvalue weighted by atomic mass is 32.2. The van der Waals surface area contributed by atoms with Crippen LogP contribution in [0, 0.1) is 5.92 Å². The first-order chi connectivity index (χ1) is 8.34. The molecule has 1 aromatic rings. The van der Waals surface area contributed by atoms with Gasteiger partial charge in [0.05, 0.1) is 17.9 Å². The Kier molecular flexibility index (Phi) is 4.72. The Labute approximate surface area is 107 Å². The minimum absolute atomic E-state index is 0.185. The fraction of sp³-hybridized carbons (Fsp3) is 0.417. The lowest BCUT2D eigenvalue weighted by atomic mass is 10.2. The number of carbonyl (C=O) groups is 1. The fourth-order valence-corrected chi connectivity index (χ4v) is 1.90. The Morgan fingerprint density at radius 2 is 1.83 bits per heavy atom. The Balaban J connectivity index is 2.63. The molecule has 0 spiro atoms. The van der Waals surface area contributed by atoms with Crippen LogP contribution < -0.4 is 4.74 Å². The molecule has 1 unspecified atom stereocenters. The number of esters is 1. The zero-order chi connectivity index (χ0) is 13.8. The van der Waals surface area contributed by atoms with Crippen LogP contribution in [-0.4, -0.2) is 34.4 Å². The van der Waals surface area contributed by atoms with Crippen LogP contribution in [0.15, 0.2) is 29.2 Å². The highest BCUT2D eigenvalue weighted by Gasteiger charge is 2.14. The van der Waals surface area contributed by atoms with Crippen LogP contribution >= 0.6 is 0 Å². The SMILES string of the molecule is COC(=O)C(C)COc1ccc(S(C)(=O)=O)cc1. The lowest BCUT2D eigenvalue weighted by Gasteiger charge is -2.11. The molecule has 0 fully saturated rings. The zero-order valence-electron chi connectivity index (χ0n) is 10.5. The third-order valence-corrected chi connectivity index (χ3v) is 3.48. The summed E-state index contributed by atoms with van der Waals surface area (Å²) in [5.74, 6) is -0.203. The van der Waals surface area contributed by atoms with E-state index in [4.69, 9.17) is 4.74 Å². The molecule has 0 amide bonds. The maximum Gasteiger partial charge on any atom is 0.311 e. The van der Waals surface area contributed by atoms with E-state index in [1.165, 1.54) is 19.2 Å². The predicted molar refractivity (Wildman–Crippen MR) is 66.2 cm³/mol. The molecule has 5 nitrogen and oxygen atoms in total. The smallest absolute Gasteiger partial charge is 0.311 e. The van der Waals surface area contributed by atoms with Crippen molar-refractivity contribution in [1.29, 1.82) is 0 Å². The van der Waals surface area contributed by atoms with Gasteiger partial charge in [0.2, 0.25) is 0 Å². The van der Waals surface area contributed by atoms with E-state index < -0.39 is 9.84 Å². The molecule has 0 aliphatic rings. The third-order valence-electron chi connectivity index (χ3n) is 2.36. The van der Waals surface area contributed by atoms with E-state index in [0.29, 0.717) is 5.75 Å². The van der Waals surface area contributed by atoms with Gasteiger partial charge >= 0.3 is 5.97 Å². The summed E-state index contributed by atoms with van der Waals surface area (Å²) in [6, 6.07) is 6.04. The van der Waals surface area contributed by atoms with Gasteiger partial charge in [-0.3, -0.25) is 4.79 Å². The van der Waals surface area contributed by atoms with Crippen LogP contribution in [0.1, 0.15) is 6.92 Å². The fourth-order valence-electron chi connectivity index (χ4n) is 1.27. The van der Waals surface area contributed by atoms with Crippen molar-refractivity contribution in [3.05, 3.63) is 24.3 Å². The first kappa shape index (κ1) is 14.5. The highest BCUT2D eigenvalue weighted by Crippen LogP contribution is 2.16. The molecular weight excluding hydrogens is 256 g/mol. The average molecular weight is 272 g/mol. The number of carbonyl (C=O) groups excluding carboxylic acids is 1. The molecule has 0 heterocycles. The summed E-state index contributed by atoms with van der Waals surface area (Å²) in [5, 5.41) is 0. The van der Waals surface area contributed by atoms with Gasteiger partial charge in [-0.05, 0) is 31.2 Å². The van der Waals surface area contributed by atoms with Crippen molar-refractivity contribution in [3.8, 4) is 5.75 Å². The minimum atomic E-state index is -3.20. The summed E-state index contributed by atoms with van der Waals surface area (Å²) in [5.41, 5.74) is 0. The molecule has 18 heavy (non-hydrogen) atoms. The van der Waals surface area contributed by atoms with E-state index in [1.54, 1.807) is 19.1 Å². The molecule has 1 aromatic carbocycles. The molecule has 0 bridgehead atoms. The van der Waals surface area contributed by atoms with Crippen molar-refractivity contribution in [1.82, 2.24) is 0 Å². The molecule has 0 aliphatic heterocycles. The molecule has 0 N–H and O–H groups in total. The molecule has 0 aliphatic carbocycles. The largest absolute Gasteiger partial charge is 0.493 e. The number of hydrogen-bond acceptors (Lipinski definition) is 5. The first-order valence-electron chi connectivity index (χ1n) is 5.35. The minimum Gasteiger partial charge on any atom is -0.493 e. The lowest BCUT2D eigenvalue weighted by Crippen LogP contribution is -2.19. The van der Waals surface area contributed by atoms with Crippen LogP contribution in [0.3, 0.4) is 0 Å². The van der Waals surface area contributed by atoms with Crippen LogP contribution in [0.5, 0.6) is 5.75 Å².